The third kappa shape index (κ3) is 4.75. The zero-order chi connectivity index (χ0) is 20.8. The fraction of sp³-hybridized carbons (Fsp3) is 0.217. The van der Waals surface area contributed by atoms with Crippen LogP contribution in [-0.4, -0.2) is 26.4 Å². The molecular formula is C23H24ClNO4. The van der Waals surface area contributed by atoms with Crippen LogP contribution >= 0.6 is 11.6 Å². The topological polar surface area (TPSA) is 60.0 Å². The molecule has 1 unspecified atom stereocenters. The van der Waals surface area contributed by atoms with Crippen molar-refractivity contribution in [2.24, 2.45) is 0 Å². The number of nitrogens with one attached hydrogen (secondary N) is 1. The molecule has 6 heteroatoms. The molecule has 3 rings (SSSR count). The maximum atomic E-state index is 11.1. The molecule has 5 nitrogen and oxygen atoms in total. The Balaban J connectivity index is 1.90. The Hall–Kier alpha value is -2.89. The lowest BCUT2D eigenvalue weighted by Crippen LogP contribution is -2.08. The van der Waals surface area contributed by atoms with Gasteiger partial charge in [0.25, 0.3) is 0 Å². The first-order chi connectivity index (χ1) is 14.1. The van der Waals surface area contributed by atoms with Crippen LogP contribution in [0.25, 0.3) is 0 Å². The van der Waals surface area contributed by atoms with Gasteiger partial charge in [-0.2, -0.15) is 0 Å². The summed E-state index contributed by atoms with van der Waals surface area (Å²) in [6.07, 6.45) is -0.898. The number of aliphatic hydroxyl groups is 1. The molecule has 1 atom stereocenters. The highest BCUT2D eigenvalue weighted by Crippen LogP contribution is 2.35. The second-order valence-corrected chi connectivity index (χ2v) is 6.84. The molecule has 0 aliphatic rings. The number of benzene rings is 3. The number of para-hydroxylation sites is 1. The van der Waals surface area contributed by atoms with E-state index in [0.717, 1.165) is 22.7 Å². The number of rotatable bonds is 8. The molecule has 0 saturated heterocycles. The Bertz CT molecular complexity index is 977. The molecule has 0 bridgehead atoms. The second-order valence-electron chi connectivity index (χ2n) is 6.41. The molecule has 0 heterocycles. The van der Waals surface area contributed by atoms with Crippen molar-refractivity contribution in [2.45, 2.75) is 12.6 Å². The van der Waals surface area contributed by atoms with Gasteiger partial charge in [0.15, 0.2) is 0 Å². The molecule has 0 fully saturated rings. The number of hydrogen-bond donors (Lipinski definition) is 2. The quantitative estimate of drug-likeness (QED) is 0.540. The van der Waals surface area contributed by atoms with Gasteiger partial charge in [-0.1, -0.05) is 29.8 Å². The van der Waals surface area contributed by atoms with Gasteiger partial charge >= 0.3 is 0 Å². The van der Waals surface area contributed by atoms with E-state index in [2.05, 4.69) is 5.32 Å². The van der Waals surface area contributed by atoms with Gasteiger partial charge in [0.05, 0.1) is 21.3 Å². The third-order valence-corrected chi connectivity index (χ3v) is 4.94. The maximum Gasteiger partial charge on any atom is 0.127 e. The van der Waals surface area contributed by atoms with Crippen LogP contribution in [0.4, 0.5) is 5.69 Å². The van der Waals surface area contributed by atoms with Crippen molar-refractivity contribution >= 4 is 17.3 Å². The first kappa shape index (κ1) is 20.8. The zero-order valence-electron chi connectivity index (χ0n) is 16.6. The minimum absolute atomic E-state index is 0.500. The Kier molecular flexibility index (Phi) is 6.86. The summed E-state index contributed by atoms with van der Waals surface area (Å²) in [5, 5.41) is 15.0. The lowest BCUT2D eigenvalue weighted by atomic mass is 9.98. The lowest BCUT2D eigenvalue weighted by Gasteiger charge is -2.20. The molecule has 0 aliphatic heterocycles. The standard InChI is InChI=1S/C23H24ClNO4/c1-27-17-10-8-15(22(13-17)29-3)14-25-20-11-9-16(24)12-19(20)23(26)18-6-4-5-7-21(18)28-2/h4-13,23,25-26H,14H2,1-3H3. The Morgan fingerprint density at radius 1 is 0.862 bits per heavy atom. The molecule has 3 aromatic carbocycles. The number of methoxy groups -OCH3 is 3. The predicted octanol–water partition coefficient (Wildman–Crippen LogP) is 5.06. The van der Waals surface area contributed by atoms with Gasteiger partial charge in [0.1, 0.15) is 23.4 Å². The zero-order valence-corrected chi connectivity index (χ0v) is 17.4. The van der Waals surface area contributed by atoms with E-state index in [1.807, 2.05) is 48.5 Å². The molecule has 0 aliphatic carbocycles. The average molecular weight is 414 g/mol. The van der Waals surface area contributed by atoms with Crippen molar-refractivity contribution in [1.82, 2.24) is 0 Å². The fourth-order valence-electron chi connectivity index (χ4n) is 3.17. The predicted molar refractivity (Wildman–Crippen MR) is 115 cm³/mol. The summed E-state index contributed by atoms with van der Waals surface area (Å²) >= 11 is 6.22. The van der Waals surface area contributed by atoms with E-state index in [0.29, 0.717) is 28.4 Å². The normalized spacial score (nSPS) is 11.6. The molecule has 29 heavy (non-hydrogen) atoms. The highest BCUT2D eigenvalue weighted by molar-refractivity contribution is 6.30. The summed E-state index contributed by atoms with van der Waals surface area (Å²) in [6.45, 7) is 0.500. The minimum atomic E-state index is -0.898. The Labute approximate surface area is 175 Å². The lowest BCUT2D eigenvalue weighted by molar-refractivity contribution is 0.215. The molecule has 0 amide bonds. The molecular weight excluding hydrogens is 390 g/mol. The van der Waals surface area contributed by atoms with Crippen LogP contribution in [0.3, 0.4) is 0 Å². The maximum absolute atomic E-state index is 11.1. The smallest absolute Gasteiger partial charge is 0.127 e. The molecule has 0 spiro atoms. The Morgan fingerprint density at radius 2 is 1.62 bits per heavy atom. The summed E-state index contributed by atoms with van der Waals surface area (Å²) < 4.78 is 16.1. The first-order valence-electron chi connectivity index (χ1n) is 9.12. The fourth-order valence-corrected chi connectivity index (χ4v) is 3.35. The molecule has 2 N–H and O–H groups in total. The van der Waals surface area contributed by atoms with E-state index in [4.69, 9.17) is 25.8 Å². The van der Waals surface area contributed by atoms with Crippen LogP contribution in [0.5, 0.6) is 17.2 Å². The summed E-state index contributed by atoms with van der Waals surface area (Å²) in [5.74, 6) is 2.06. The number of anilines is 1. The monoisotopic (exact) mass is 413 g/mol. The van der Waals surface area contributed by atoms with Gasteiger partial charge in [0.2, 0.25) is 0 Å². The number of ether oxygens (including phenoxy) is 3. The second kappa shape index (κ2) is 9.54. The van der Waals surface area contributed by atoms with E-state index in [1.54, 1.807) is 33.5 Å². The van der Waals surface area contributed by atoms with Gasteiger partial charge in [-0.05, 0) is 36.4 Å². The summed E-state index contributed by atoms with van der Waals surface area (Å²) in [7, 11) is 4.82. The summed E-state index contributed by atoms with van der Waals surface area (Å²) in [6, 6.07) is 18.4. The molecule has 0 saturated carbocycles. The van der Waals surface area contributed by atoms with Gasteiger partial charge in [-0.25, -0.2) is 0 Å². The van der Waals surface area contributed by atoms with Gasteiger partial charge < -0.3 is 24.6 Å². The number of halogens is 1. The van der Waals surface area contributed by atoms with Gasteiger partial charge in [0, 0.05) is 40.0 Å². The van der Waals surface area contributed by atoms with Crippen LogP contribution < -0.4 is 19.5 Å². The van der Waals surface area contributed by atoms with Crippen LogP contribution in [0.1, 0.15) is 22.8 Å². The molecule has 152 valence electrons. The van der Waals surface area contributed by atoms with Crippen molar-refractivity contribution in [3.63, 3.8) is 0 Å². The van der Waals surface area contributed by atoms with Crippen molar-refractivity contribution in [1.29, 1.82) is 0 Å². The van der Waals surface area contributed by atoms with Crippen molar-refractivity contribution in [2.75, 3.05) is 26.6 Å². The summed E-state index contributed by atoms with van der Waals surface area (Å²) in [4.78, 5) is 0. The van der Waals surface area contributed by atoms with Crippen molar-refractivity contribution < 1.29 is 19.3 Å². The van der Waals surface area contributed by atoms with E-state index >= 15 is 0 Å². The van der Waals surface area contributed by atoms with Crippen LogP contribution in [0.2, 0.25) is 5.02 Å². The average Bonchev–Trinajstić information content (AvgIpc) is 2.77. The third-order valence-electron chi connectivity index (χ3n) is 4.71. The number of aliphatic hydroxyl groups excluding tert-OH is 1. The SMILES string of the molecule is COc1ccc(CNc2ccc(Cl)cc2C(O)c2ccccc2OC)c(OC)c1. The minimum Gasteiger partial charge on any atom is -0.497 e. The largest absolute Gasteiger partial charge is 0.497 e. The molecule has 0 aromatic heterocycles. The summed E-state index contributed by atoms with van der Waals surface area (Å²) in [5.41, 5.74) is 3.06. The Morgan fingerprint density at radius 3 is 2.34 bits per heavy atom. The van der Waals surface area contributed by atoms with E-state index in [1.165, 1.54) is 0 Å². The van der Waals surface area contributed by atoms with E-state index < -0.39 is 6.10 Å². The van der Waals surface area contributed by atoms with E-state index in [9.17, 15) is 5.11 Å². The first-order valence-corrected chi connectivity index (χ1v) is 9.50. The van der Waals surface area contributed by atoms with Gasteiger partial charge in [-0.15, -0.1) is 0 Å². The van der Waals surface area contributed by atoms with E-state index in [-0.39, 0.29) is 0 Å². The molecule has 3 aromatic rings. The highest BCUT2D eigenvalue weighted by atomic mass is 35.5. The van der Waals surface area contributed by atoms with Gasteiger partial charge in [-0.3, -0.25) is 0 Å². The van der Waals surface area contributed by atoms with Crippen LogP contribution in [0, 0.1) is 0 Å². The van der Waals surface area contributed by atoms with Crippen LogP contribution in [0.15, 0.2) is 60.7 Å². The van der Waals surface area contributed by atoms with Crippen molar-refractivity contribution in [3.8, 4) is 17.2 Å². The number of hydrogen-bond acceptors (Lipinski definition) is 5. The van der Waals surface area contributed by atoms with Crippen LogP contribution in [-0.2, 0) is 6.54 Å². The highest BCUT2D eigenvalue weighted by Gasteiger charge is 2.19. The van der Waals surface area contributed by atoms with Crippen molar-refractivity contribution in [3.05, 3.63) is 82.4 Å². The molecule has 0 radical (unpaired) electrons.